The third kappa shape index (κ3) is 6.27. The molecule has 1 aliphatic rings. The molecule has 0 atom stereocenters. The van der Waals surface area contributed by atoms with E-state index in [2.05, 4.69) is 41.6 Å². The molecule has 0 aromatic heterocycles. The lowest BCUT2D eigenvalue weighted by Gasteiger charge is -2.18. The number of likely N-dealkylation sites (N-methyl/N-ethyl adjacent to an activating group) is 1. The van der Waals surface area contributed by atoms with E-state index >= 15 is 0 Å². The standard InChI is InChI=1S/C14H26N4O/c1-11(2)9-15-14(16-10-13(19)18(3)4)17-12-7-5-6-8-12/h5-6,11-12H,7-10H2,1-4H3,(H2,15,16,17). The number of carbonyl (C=O) groups excluding carboxylic acids is 1. The van der Waals surface area contributed by atoms with Gasteiger partial charge in [-0.1, -0.05) is 26.0 Å². The van der Waals surface area contributed by atoms with Crippen molar-refractivity contribution in [1.82, 2.24) is 15.5 Å². The maximum atomic E-state index is 11.6. The summed E-state index contributed by atoms with van der Waals surface area (Å²) in [5.74, 6) is 1.28. The molecule has 1 rings (SSSR count). The molecule has 0 aliphatic heterocycles. The van der Waals surface area contributed by atoms with E-state index < -0.39 is 0 Å². The lowest BCUT2D eigenvalue weighted by Crippen LogP contribution is -2.44. The summed E-state index contributed by atoms with van der Waals surface area (Å²) in [6.07, 6.45) is 6.37. The molecule has 19 heavy (non-hydrogen) atoms. The second-order valence-corrected chi connectivity index (χ2v) is 5.51. The van der Waals surface area contributed by atoms with Gasteiger partial charge < -0.3 is 15.5 Å². The van der Waals surface area contributed by atoms with Crippen molar-refractivity contribution >= 4 is 11.9 Å². The number of carbonyl (C=O) groups is 1. The molecular weight excluding hydrogens is 240 g/mol. The third-order valence-corrected chi connectivity index (χ3v) is 2.90. The molecule has 0 spiro atoms. The molecule has 1 aliphatic carbocycles. The smallest absolute Gasteiger partial charge is 0.243 e. The Kier molecular flexibility index (Phi) is 6.39. The zero-order chi connectivity index (χ0) is 14.3. The van der Waals surface area contributed by atoms with E-state index in [9.17, 15) is 4.79 Å². The van der Waals surface area contributed by atoms with Crippen LogP contribution in [0.3, 0.4) is 0 Å². The zero-order valence-electron chi connectivity index (χ0n) is 12.4. The number of rotatable bonds is 5. The van der Waals surface area contributed by atoms with Crippen molar-refractivity contribution in [3.63, 3.8) is 0 Å². The highest BCUT2D eigenvalue weighted by Gasteiger charge is 2.12. The number of amides is 1. The average Bonchev–Trinajstić information content (AvgIpc) is 2.84. The number of nitrogens with one attached hydrogen (secondary N) is 2. The second kappa shape index (κ2) is 7.81. The summed E-state index contributed by atoms with van der Waals surface area (Å²) in [4.78, 5) is 17.5. The Morgan fingerprint density at radius 2 is 2.00 bits per heavy atom. The Morgan fingerprint density at radius 3 is 2.53 bits per heavy atom. The lowest BCUT2D eigenvalue weighted by molar-refractivity contribution is -0.127. The Morgan fingerprint density at radius 1 is 1.37 bits per heavy atom. The topological polar surface area (TPSA) is 56.7 Å². The predicted octanol–water partition coefficient (Wildman–Crippen LogP) is 0.984. The molecule has 2 N–H and O–H groups in total. The van der Waals surface area contributed by atoms with Crippen LogP contribution >= 0.6 is 0 Å². The van der Waals surface area contributed by atoms with Crippen molar-refractivity contribution in [3.8, 4) is 0 Å². The highest BCUT2D eigenvalue weighted by molar-refractivity contribution is 5.85. The van der Waals surface area contributed by atoms with E-state index in [0.717, 1.165) is 25.3 Å². The van der Waals surface area contributed by atoms with E-state index in [1.54, 1.807) is 19.0 Å². The van der Waals surface area contributed by atoms with E-state index in [1.807, 2.05) is 0 Å². The van der Waals surface area contributed by atoms with Crippen LogP contribution in [-0.4, -0.2) is 50.0 Å². The molecule has 0 bridgehead atoms. The van der Waals surface area contributed by atoms with E-state index in [0.29, 0.717) is 12.0 Å². The van der Waals surface area contributed by atoms with Crippen molar-refractivity contribution in [2.75, 3.05) is 27.2 Å². The number of guanidine groups is 1. The summed E-state index contributed by atoms with van der Waals surface area (Å²) in [7, 11) is 3.49. The molecule has 0 aromatic carbocycles. The molecule has 0 aromatic rings. The van der Waals surface area contributed by atoms with E-state index in [1.165, 1.54) is 0 Å². The van der Waals surface area contributed by atoms with Gasteiger partial charge in [-0.3, -0.25) is 4.79 Å². The Hall–Kier alpha value is -1.52. The first-order chi connectivity index (χ1) is 8.99. The molecule has 108 valence electrons. The van der Waals surface area contributed by atoms with Gasteiger partial charge in [0.2, 0.25) is 5.91 Å². The molecule has 0 unspecified atom stereocenters. The van der Waals surface area contributed by atoms with Crippen LogP contribution in [0.15, 0.2) is 17.1 Å². The molecule has 0 radical (unpaired) electrons. The molecule has 0 fully saturated rings. The minimum Gasteiger partial charge on any atom is -0.356 e. The van der Waals surface area contributed by atoms with Gasteiger partial charge in [0.15, 0.2) is 5.96 Å². The van der Waals surface area contributed by atoms with Crippen LogP contribution in [0, 0.1) is 5.92 Å². The minimum absolute atomic E-state index is 0.00944. The van der Waals surface area contributed by atoms with Gasteiger partial charge in [-0.2, -0.15) is 0 Å². The van der Waals surface area contributed by atoms with Crippen LogP contribution in [0.2, 0.25) is 0 Å². The highest BCUT2D eigenvalue weighted by Crippen LogP contribution is 2.08. The number of nitrogens with zero attached hydrogens (tertiary/aromatic N) is 2. The van der Waals surface area contributed by atoms with Crippen LogP contribution < -0.4 is 10.6 Å². The van der Waals surface area contributed by atoms with Crippen molar-refractivity contribution < 1.29 is 4.79 Å². The monoisotopic (exact) mass is 266 g/mol. The van der Waals surface area contributed by atoms with Crippen LogP contribution in [0.1, 0.15) is 26.7 Å². The first-order valence-corrected chi connectivity index (χ1v) is 6.89. The van der Waals surface area contributed by atoms with Crippen molar-refractivity contribution in [1.29, 1.82) is 0 Å². The summed E-state index contributed by atoms with van der Waals surface area (Å²) in [6, 6.07) is 0.396. The fraction of sp³-hybridized carbons (Fsp3) is 0.714. The number of aliphatic imine (C=N–C) groups is 1. The summed E-state index contributed by atoms with van der Waals surface area (Å²) >= 11 is 0. The van der Waals surface area contributed by atoms with Crippen LogP contribution in [0.5, 0.6) is 0 Å². The number of hydrogen-bond donors (Lipinski definition) is 2. The lowest BCUT2D eigenvalue weighted by atomic mass is 10.2. The van der Waals surface area contributed by atoms with Crippen LogP contribution in [-0.2, 0) is 4.79 Å². The quantitative estimate of drug-likeness (QED) is 0.443. The van der Waals surface area contributed by atoms with Crippen molar-refractivity contribution in [2.45, 2.75) is 32.7 Å². The van der Waals surface area contributed by atoms with Gasteiger partial charge in [0, 0.05) is 26.7 Å². The predicted molar refractivity (Wildman–Crippen MR) is 79.1 cm³/mol. The largest absolute Gasteiger partial charge is 0.356 e. The Labute approximate surface area is 116 Å². The first-order valence-electron chi connectivity index (χ1n) is 6.89. The van der Waals surface area contributed by atoms with E-state index in [4.69, 9.17) is 0 Å². The zero-order valence-corrected chi connectivity index (χ0v) is 12.4. The second-order valence-electron chi connectivity index (χ2n) is 5.51. The molecule has 5 heteroatoms. The SMILES string of the molecule is CC(C)CNC(=NCC(=O)N(C)C)NC1CC=CC1. The van der Waals surface area contributed by atoms with Crippen molar-refractivity contribution in [2.24, 2.45) is 10.9 Å². The maximum absolute atomic E-state index is 11.6. The molecule has 5 nitrogen and oxygen atoms in total. The summed E-state index contributed by atoms with van der Waals surface area (Å²) in [5, 5.41) is 6.65. The Bertz CT molecular complexity index is 339. The molecule has 0 heterocycles. The Balaban J connectivity index is 2.51. The van der Waals surface area contributed by atoms with Gasteiger partial charge in [-0.15, -0.1) is 0 Å². The summed E-state index contributed by atoms with van der Waals surface area (Å²) in [5.41, 5.74) is 0. The van der Waals surface area contributed by atoms with Crippen molar-refractivity contribution in [3.05, 3.63) is 12.2 Å². The fourth-order valence-corrected chi connectivity index (χ4v) is 1.67. The average molecular weight is 266 g/mol. The molecule has 1 amide bonds. The van der Waals surface area contributed by atoms with Gasteiger partial charge in [-0.05, 0) is 18.8 Å². The van der Waals surface area contributed by atoms with Gasteiger partial charge in [0.25, 0.3) is 0 Å². The first kappa shape index (κ1) is 15.5. The van der Waals surface area contributed by atoms with Gasteiger partial charge in [0.05, 0.1) is 0 Å². The molecular formula is C14H26N4O. The molecule has 0 saturated carbocycles. The normalized spacial score (nSPS) is 15.9. The van der Waals surface area contributed by atoms with Gasteiger partial charge >= 0.3 is 0 Å². The fourth-order valence-electron chi connectivity index (χ4n) is 1.67. The van der Waals surface area contributed by atoms with E-state index in [-0.39, 0.29) is 12.5 Å². The van der Waals surface area contributed by atoms with Gasteiger partial charge in [0.1, 0.15) is 6.54 Å². The highest BCUT2D eigenvalue weighted by atomic mass is 16.2. The van der Waals surface area contributed by atoms with Crippen LogP contribution in [0.4, 0.5) is 0 Å². The van der Waals surface area contributed by atoms with Crippen LogP contribution in [0.25, 0.3) is 0 Å². The number of hydrogen-bond acceptors (Lipinski definition) is 2. The summed E-state index contributed by atoms with van der Waals surface area (Å²) < 4.78 is 0. The van der Waals surface area contributed by atoms with Gasteiger partial charge in [-0.25, -0.2) is 4.99 Å². The minimum atomic E-state index is 0.00944. The summed E-state index contributed by atoms with van der Waals surface area (Å²) in [6.45, 7) is 5.32. The maximum Gasteiger partial charge on any atom is 0.243 e. The molecule has 0 saturated heterocycles. The third-order valence-electron chi connectivity index (χ3n) is 2.90.